The number of thiazole rings is 1. The van der Waals surface area contributed by atoms with E-state index in [1.165, 1.54) is 11.3 Å². The van der Waals surface area contributed by atoms with Crippen LogP contribution in [0.5, 0.6) is 23.0 Å². The van der Waals surface area contributed by atoms with Crippen LogP contribution in [0.1, 0.15) is 5.69 Å². The van der Waals surface area contributed by atoms with Gasteiger partial charge in [0.15, 0.2) is 18.1 Å². The van der Waals surface area contributed by atoms with Gasteiger partial charge >= 0.3 is 5.97 Å². The first-order valence-electron chi connectivity index (χ1n) is 8.73. The number of nitrogens with zero attached hydrogens (tertiary/aromatic N) is 1. The number of carbonyl (C=O) groups excluding carboxylic acids is 1. The zero-order valence-electron chi connectivity index (χ0n) is 16.3. The van der Waals surface area contributed by atoms with Gasteiger partial charge in [0.2, 0.25) is 0 Å². The molecule has 0 unspecified atom stereocenters. The molecule has 0 N–H and O–H groups in total. The fourth-order valence-electron chi connectivity index (χ4n) is 2.56. The Morgan fingerprint density at radius 3 is 2.41 bits per heavy atom. The normalized spacial score (nSPS) is 10.3. The molecule has 3 rings (SSSR count). The van der Waals surface area contributed by atoms with Crippen LogP contribution in [0.4, 0.5) is 0 Å². The molecule has 0 saturated carbocycles. The number of benzene rings is 2. The molecule has 8 heteroatoms. The Hall–Kier alpha value is -3.26. The number of carbonyl (C=O) groups is 1. The van der Waals surface area contributed by atoms with Gasteiger partial charge < -0.3 is 23.7 Å². The average Bonchev–Trinajstić information content (AvgIpc) is 3.24. The second kappa shape index (κ2) is 9.79. The summed E-state index contributed by atoms with van der Waals surface area (Å²) in [5, 5.41) is 2.59. The topological polar surface area (TPSA) is 76.1 Å². The molecule has 1 aromatic heterocycles. The third kappa shape index (κ3) is 5.17. The molecular formula is C21H21NO6S. The first-order valence-corrected chi connectivity index (χ1v) is 9.60. The zero-order chi connectivity index (χ0) is 20.6. The molecule has 3 aromatic rings. The van der Waals surface area contributed by atoms with Crippen molar-refractivity contribution in [1.29, 1.82) is 0 Å². The van der Waals surface area contributed by atoms with Gasteiger partial charge in [0.05, 0.1) is 32.6 Å². The molecule has 0 aliphatic heterocycles. The van der Waals surface area contributed by atoms with E-state index in [0.717, 1.165) is 10.6 Å². The minimum absolute atomic E-state index is 0.0631. The molecule has 0 bridgehead atoms. The van der Waals surface area contributed by atoms with Crippen molar-refractivity contribution in [1.82, 2.24) is 4.98 Å². The van der Waals surface area contributed by atoms with Crippen LogP contribution in [0.25, 0.3) is 10.6 Å². The fourth-order valence-corrected chi connectivity index (χ4v) is 3.39. The molecule has 0 radical (unpaired) electrons. The maximum Gasteiger partial charge on any atom is 0.344 e. The quantitative estimate of drug-likeness (QED) is 0.490. The van der Waals surface area contributed by atoms with Crippen molar-refractivity contribution in [3.63, 3.8) is 0 Å². The van der Waals surface area contributed by atoms with E-state index in [4.69, 9.17) is 23.7 Å². The third-order valence-corrected chi connectivity index (χ3v) is 4.91. The lowest BCUT2D eigenvalue weighted by atomic mass is 10.2. The number of hydrogen-bond donors (Lipinski definition) is 0. The van der Waals surface area contributed by atoms with Gasteiger partial charge in [0, 0.05) is 5.38 Å². The van der Waals surface area contributed by atoms with Crippen molar-refractivity contribution in [3.05, 3.63) is 53.5 Å². The second-order valence-electron chi connectivity index (χ2n) is 5.81. The van der Waals surface area contributed by atoms with Crippen molar-refractivity contribution < 1.29 is 28.5 Å². The van der Waals surface area contributed by atoms with E-state index >= 15 is 0 Å². The lowest BCUT2D eigenvalue weighted by Gasteiger charge is -2.10. The van der Waals surface area contributed by atoms with Crippen molar-refractivity contribution in [2.24, 2.45) is 0 Å². The van der Waals surface area contributed by atoms with E-state index < -0.39 is 5.97 Å². The van der Waals surface area contributed by atoms with E-state index in [1.807, 2.05) is 23.6 Å². The Morgan fingerprint density at radius 1 is 0.966 bits per heavy atom. The average molecular weight is 415 g/mol. The maximum absolute atomic E-state index is 11.9. The summed E-state index contributed by atoms with van der Waals surface area (Å²) in [6.45, 7) is -0.124. The van der Waals surface area contributed by atoms with Gasteiger partial charge in [-0.05, 0) is 36.4 Å². The highest BCUT2D eigenvalue weighted by Gasteiger charge is 2.15. The van der Waals surface area contributed by atoms with E-state index in [2.05, 4.69) is 4.98 Å². The highest BCUT2D eigenvalue weighted by molar-refractivity contribution is 7.13. The first kappa shape index (κ1) is 20.5. The molecule has 2 aromatic carbocycles. The Bertz CT molecular complexity index is 954. The summed E-state index contributed by atoms with van der Waals surface area (Å²) in [5.41, 5.74) is 1.46. The van der Waals surface area contributed by atoms with Crippen molar-refractivity contribution in [2.75, 3.05) is 27.9 Å². The van der Waals surface area contributed by atoms with E-state index in [0.29, 0.717) is 28.7 Å². The molecule has 0 amide bonds. The van der Waals surface area contributed by atoms with Crippen molar-refractivity contribution in [2.45, 2.75) is 6.61 Å². The third-order valence-electron chi connectivity index (χ3n) is 3.98. The second-order valence-corrected chi connectivity index (χ2v) is 6.67. The summed E-state index contributed by atoms with van der Waals surface area (Å²) in [6.07, 6.45) is 0. The van der Waals surface area contributed by atoms with E-state index in [1.54, 1.807) is 45.6 Å². The summed E-state index contributed by atoms with van der Waals surface area (Å²) in [4.78, 5) is 16.5. The predicted octanol–water partition coefficient (Wildman–Crippen LogP) is 3.96. The first-order chi connectivity index (χ1) is 14.1. The summed E-state index contributed by atoms with van der Waals surface area (Å²) in [5.74, 6) is 2.04. The van der Waals surface area contributed by atoms with Crippen LogP contribution in [0.3, 0.4) is 0 Å². The van der Waals surface area contributed by atoms with Crippen molar-refractivity contribution >= 4 is 17.3 Å². The minimum atomic E-state index is -0.477. The van der Waals surface area contributed by atoms with Crippen LogP contribution < -0.4 is 18.9 Å². The van der Waals surface area contributed by atoms with Crippen LogP contribution in [0.15, 0.2) is 47.8 Å². The number of para-hydroxylation sites is 1. The molecule has 0 spiro atoms. The smallest absolute Gasteiger partial charge is 0.344 e. The van der Waals surface area contributed by atoms with Gasteiger partial charge in [-0.3, -0.25) is 0 Å². The number of methoxy groups -OCH3 is 3. The highest BCUT2D eigenvalue weighted by atomic mass is 32.1. The van der Waals surface area contributed by atoms with Gasteiger partial charge in [0.25, 0.3) is 0 Å². The van der Waals surface area contributed by atoms with Gasteiger partial charge in [0.1, 0.15) is 23.1 Å². The van der Waals surface area contributed by atoms with Crippen LogP contribution >= 0.6 is 11.3 Å². The molecule has 0 atom stereocenters. The molecular weight excluding hydrogens is 394 g/mol. The molecule has 152 valence electrons. The van der Waals surface area contributed by atoms with Crippen LogP contribution in [0.2, 0.25) is 0 Å². The Labute approximate surface area is 172 Å². The summed E-state index contributed by atoms with van der Waals surface area (Å²) in [7, 11) is 4.75. The van der Waals surface area contributed by atoms with Crippen molar-refractivity contribution in [3.8, 4) is 33.6 Å². The SMILES string of the molecule is COc1ccc(OCC(=O)OCc2csc(-c3cccc(OC)c3OC)n2)cc1. The molecule has 0 fully saturated rings. The van der Waals surface area contributed by atoms with E-state index in [-0.39, 0.29) is 13.2 Å². The molecule has 0 aliphatic carbocycles. The lowest BCUT2D eigenvalue weighted by Crippen LogP contribution is -2.14. The summed E-state index contributed by atoms with van der Waals surface area (Å²) >= 11 is 1.44. The fraction of sp³-hybridized carbons (Fsp3) is 0.238. The lowest BCUT2D eigenvalue weighted by molar-refractivity contribution is -0.147. The molecule has 0 saturated heterocycles. The maximum atomic E-state index is 11.9. The number of hydrogen-bond acceptors (Lipinski definition) is 8. The molecule has 29 heavy (non-hydrogen) atoms. The number of esters is 1. The molecule has 1 heterocycles. The van der Waals surface area contributed by atoms with E-state index in [9.17, 15) is 4.79 Å². The summed E-state index contributed by atoms with van der Waals surface area (Å²) in [6, 6.07) is 12.5. The number of aromatic nitrogens is 1. The van der Waals surface area contributed by atoms with Gasteiger partial charge in [-0.25, -0.2) is 9.78 Å². The standard InChI is InChI=1S/C21H21NO6S/c1-24-15-7-9-16(10-8-15)27-12-19(23)28-11-14-13-29-21(22-14)17-5-4-6-18(25-2)20(17)26-3/h4-10,13H,11-12H2,1-3H3. The van der Waals surface area contributed by atoms with Gasteiger partial charge in [-0.2, -0.15) is 0 Å². The van der Waals surface area contributed by atoms with Crippen LogP contribution in [-0.2, 0) is 16.1 Å². The molecule has 7 nitrogen and oxygen atoms in total. The number of ether oxygens (including phenoxy) is 5. The zero-order valence-corrected chi connectivity index (χ0v) is 17.2. The van der Waals surface area contributed by atoms with Gasteiger partial charge in [-0.1, -0.05) is 6.07 Å². The Morgan fingerprint density at radius 2 is 1.72 bits per heavy atom. The minimum Gasteiger partial charge on any atom is -0.497 e. The van der Waals surface area contributed by atoms with Crippen LogP contribution in [-0.4, -0.2) is 38.9 Å². The van der Waals surface area contributed by atoms with Gasteiger partial charge in [-0.15, -0.1) is 11.3 Å². The predicted molar refractivity (Wildman–Crippen MR) is 109 cm³/mol. The summed E-state index contributed by atoms with van der Waals surface area (Å²) < 4.78 is 26.5. The number of rotatable bonds is 9. The van der Waals surface area contributed by atoms with Crippen LogP contribution in [0, 0.1) is 0 Å². The molecule has 0 aliphatic rings. The highest BCUT2D eigenvalue weighted by Crippen LogP contribution is 2.39. The largest absolute Gasteiger partial charge is 0.497 e. The monoisotopic (exact) mass is 415 g/mol. The Balaban J connectivity index is 1.56. The Kier molecular flexibility index (Phi) is 6.91.